The van der Waals surface area contributed by atoms with E-state index in [1.807, 2.05) is 6.92 Å². The first-order valence-corrected chi connectivity index (χ1v) is 6.04. The van der Waals surface area contributed by atoms with Crippen molar-refractivity contribution in [3.05, 3.63) is 28.8 Å². The van der Waals surface area contributed by atoms with Crippen LogP contribution in [0.2, 0.25) is 5.02 Å². The van der Waals surface area contributed by atoms with Gasteiger partial charge in [-0.05, 0) is 24.6 Å². The standard InChI is InChI=1S/C12H16ClN3O2/c1-2-5-15-12(18)9-4-3-8(13)6-10(9)16-11(17)7-14/h3-4,6H,2,5,7,14H2,1H3,(H,15,18)(H,16,17). The van der Waals surface area contributed by atoms with E-state index in [9.17, 15) is 9.59 Å². The summed E-state index contributed by atoms with van der Waals surface area (Å²) in [4.78, 5) is 23.1. The highest BCUT2D eigenvalue weighted by molar-refractivity contribution is 6.31. The molecule has 0 aromatic heterocycles. The molecule has 0 saturated carbocycles. The Hall–Kier alpha value is -1.59. The minimum atomic E-state index is -0.373. The van der Waals surface area contributed by atoms with Crippen LogP contribution in [0.15, 0.2) is 18.2 Å². The number of carbonyl (C=O) groups is 2. The fraction of sp³-hybridized carbons (Fsp3) is 0.333. The lowest BCUT2D eigenvalue weighted by Gasteiger charge is -2.11. The lowest BCUT2D eigenvalue weighted by Crippen LogP contribution is -2.27. The Balaban J connectivity index is 2.95. The lowest BCUT2D eigenvalue weighted by atomic mass is 10.1. The highest BCUT2D eigenvalue weighted by Crippen LogP contribution is 2.21. The third-order valence-electron chi connectivity index (χ3n) is 2.22. The van der Waals surface area contributed by atoms with Gasteiger partial charge in [-0.3, -0.25) is 9.59 Å². The van der Waals surface area contributed by atoms with Crippen molar-refractivity contribution in [1.82, 2.24) is 5.32 Å². The number of hydrogen-bond donors (Lipinski definition) is 3. The minimum absolute atomic E-state index is 0.150. The molecule has 0 radical (unpaired) electrons. The summed E-state index contributed by atoms with van der Waals surface area (Å²) in [6.45, 7) is 2.38. The molecule has 0 unspecified atom stereocenters. The van der Waals surface area contributed by atoms with Crippen LogP contribution in [0.4, 0.5) is 5.69 Å². The number of halogens is 1. The normalized spacial score (nSPS) is 9.94. The van der Waals surface area contributed by atoms with Crippen LogP contribution in [0, 0.1) is 0 Å². The third kappa shape index (κ3) is 4.01. The van der Waals surface area contributed by atoms with Crippen molar-refractivity contribution in [1.29, 1.82) is 0 Å². The van der Waals surface area contributed by atoms with Crippen molar-refractivity contribution in [2.75, 3.05) is 18.4 Å². The summed E-state index contributed by atoms with van der Waals surface area (Å²) in [6.07, 6.45) is 0.837. The van der Waals surface area contributed by atoms with Crippen LogP contribution >= 0.6 is 11.6 Å². The van der Waals surface area contributed by atoms with Crippen LogP contribution in [0.1, 0.15) is 23.7 Å². The summed E-state index contributed by atoms with van der Waals surface area (Å²) >= 11 is 5.84. The first-order chi connectivity index (χ1) is 8.58. The van der Waals surface area contributed by atoms with Crippen LogP contribution in [-0.2, 0) is 4.79 Å². The zero-order valence-electron chi connectivity index (χ0n) is 10.1. The molecule has 18 heavy (non-hydrogen) atoms. The van der Waals surface area contributed by atoms with Gasteiger partial charge < -0.3 is 16.4 Å². The van der Waals surface area contributed by atoms with E-state index in [2.05, 4.69) is 10.6 Å². The molecule has 0 atom stereocenters. The zero-order valence-corrected chi connectivity index (χ0v) is 10.9. The van der Waals surface area contributed by atoms with Gasteiger partial charge in [-0.1, -0.05) is 18.5 Å². The predicted molar refractivity (Wildman–Crippen MR) is 71.8 cm³/mol. The molecule has 6 heteroatoms. The monoisotopic (exact) mass is 269 g/mol. The summed E-state index contributed by atoms with van der Waals surface area (Å²) in [5.74, 6) is -0.623. The molecule has 0 fully saturated rings. The molecule has 4 N–H and O–H groups in total. The number of hydrogen-bond acceptors (Lipinski definition) is 3. The first kappa shape index (κ1) is 14.5. The average Bonchev–Trinajstić information content (AvgIpc) is 2.36. The largest absolute Gasteiger partial charge is 0.352 e. The van der Waals surface area contributed by atoms with Crippen molar-refractivity contribution < 1.29 is 9.59 Å². The maximum Gasteiger partial charge on any atom is 0.253 e. The number of amides is 2. The van der Waals surface area contributed by atoms with E-state index < -0.39 is 0 Å². The molecule has 0 heterocycles. The second-order valence-electron chi connectivity index (χ2n) is 3.70. The van der Waals surface area contributed by atoms with Gasteiger partial charge in [0.15, 0.2) is 0 Å². The summed E-state index contributed by atoms with van der Waals surface area (Å²) in [7, 11) is 0. The van der Waals surface area contributed by atoms with Crippen molar-refractivity contribution in [3.63, 3.8) is 0 Å². The van der Waals surface area contributed by atoms with Gasteiger partial charge in [0.2, 0.25) is 5.91 Å². The van der Waals surface area contributed by atoms with Crippen molar-refractivity contribution in [2.45, 2.75) is 13.3 Å². The summed E-state index contributed by atoms with van der Waals surface area (Å²) < 4.78 is 0. The minimum Gasteiger partial charge on any atom is -0.352 e. The quantitative estimate of drug-likeness (QED) is 0.755. The van der Waals surface area contributed by atoms with Gasteiger partial charge in [-0.25, -0.2) is 0 Å². The number of carbonyl (C=O) groups excluding carboxylic acids is 2. The fourth-order valence-corrected chi connectivity index (χ4v) is 1.52. The fourth-order valence-electron chi connectivity index (χ4n) is 1.35. The van der Waals surface area contributed by atoms with Crippen molar-refractivity contribution >= 4 is 29.1 Å². The molecule has 2 amide bonds. The van der Waals surface area contributed by atoms with Gasteiger partial charge in [0.05, 0.1) is 17.8 Å². The molecular formula is C12H16ClN3O2. The van der Waals surface area contributed by atoms with Gasteiger partial charge in [0, 0.05) is 11.6 Å². The van der Waals surface area contributed by atoms with Gasteiger partial charge in [-0.2, -0.15) is 0 Å². The molecule has 0 bridgehead atoms. The molecular weight excluding hydrogens is 254 g/mol. The van der Waals surface area contributed by atoms with Crippen molar-refractivity contribution in [2.24, 2.45) is 5.73 Å². The number of anilines is 1. The lowest BCUT2D eigenvalue weighted by molar-refractivity contribution is -0.114. The number of rotatable bonds is 5. The first-order valence-electron chi connectivity index (χ1n) is 5.66. The molecule has 1 aromatic carbocycles. The SMILES string of the molecule is CCCNC(=O)c1ccc(Cl)cc1NC(=O)CN. The van der Waals surface area contributed by atoms with Crippen LogP contribution in [0.25, 0.3) is 0 Å². The highest BCUT2D eigenvalue weighted by atomic mass is 35.5. The van der Waals surface area contributed by atoms with E-state index in [4.69, 9.17) is 17.3 Å². The maximum absolute atomic E-state index is 11.9. The molecule has 5 nitrogen and oxygen atoms in total. The summed E-state index contributed by atoms with van der Waals surface area (Å²) in [5.41, 5.74) is 5.96. The van der Waals surface area contributed by atoms with E-state index >= 15 is 0 Å². The molecule has 1 aromatic rings. The Kier molecular flexibility index (Phi) is 5.61. The zero-order chi connectivity index (χ0) is 13.5. The molecule has 0 aliphatic rings. The maximum atomic E-state index is 11.9. The van der Waals surface area contributed by atoms with Crippen molar-refractivity contribution in [3.8, 4) is 0 Å². The Bertz CT molecular complexity index is 449. The second kappa shape index (κ2) is 6.98. The number of benzene rings is 1. The Morgan fingerprint density at radius 2 is 2.11 bits per heavy atom. The third-order valence-corrected chi connectivity index (χ3v) is 2.46. The Labute approximate surface area is 111 Å². The van der Waals surface area contributed by atoms with Crippen LogP contribution in [0.3, 0.4) is 0 Å². The number of nitrogens with two attached hydrogens (primary N) is 1. The molecule has 1 rings (SSSR count). The summed E-state index contributed by atoms with van der Waals surface area (Å²) in [6, 6.07) is 4.69. The van der Waals surface area contributed by atoms with E-state index in [0.717, 1.165) is 6.42 Å². The molecule has 0 spiro atoms. The molecule has 98 valence electrons. The smallest absolute Gasteiger partial charge is 0.253 e. The van der Waals surface area contributed by atoms with E-state index in [0.29, 0.717) is 22.8 Å². The molecule has 0 saturated heterocycles. The average molecular weight is 270 g/mol. The van der Waals surface area contributed by atoms with E-state index in [-0.39, 0.29) is 18.4 Å². The van der Waals surface area contributed by atoms with Gasteiger partial charge in [-0.15, -0.1) is 0 Å². The van der Waals surface area contributed by atoms with Gasteiger partial charge >= 0.3 is 0 Å². The number of nitrogens with one attached hydrogen (secondary N) is 2. The van der Waals surface area contributed by atoms with E-state index in [1.54, 1.807) is 12.1 Å². The Morgan fingerprint density at radius 1 is 1.39 bits per heavy atom. The topological polar surface area (TPSA) is 84.2 Å². The van der Waals surface area contributed by atoms with Gasteiger partial charge in [0.25, 0.3) is 5.91 Å². The van der Waals surface area contributed by atoms with Crippen LogP contribution in [0.5, 0.6) is 0 Å². The highest BCUT2D eigenvalue weighted by Gasteiger charge is 2.13. The van der Waals surface area contributed by atoms with E-state index in [1.165, 1.54) is 6.07 Å². The van der Waals surface area contributed by atoms with Crippen LogP contribution < -0.4 is 16.4 Å². The molecule has 0 aliphatic heterocycles. The molecule has 0 aliphatic carbocycles. The predicted octanol–water partition coefficient (Wildman–Crippen LogP) is 1.38. The summed E-state index contributed by atoms with van der Waals surface area (Å²) in [5, 5.41) is 5.72. The van der Waals surface area contributed by atoms with Crippen LogP contribution in [-0.4, -0.2) is 24.9 Å². The second-order valence-corrected chi connectivity index (χ2v) is 4.13. The van der Waals surface area contributed by atoms with Gasteiger partial charge in [0.1, 0.15) is 0 Å². The Morgan fingerprint density at radius 3 is 2.72 bits per heavy atom.